The van der Waals surface area contributed by atoms with E-state index in [1.165, 1.54) is 4.88 Å². The predicted octanol–water partition coefficient (Wildman–Crippen LogP) is 2.90. The molecule has 2 aromatic rings. The second-order valence-corrected chi connectivity index (χ2v) is 6.30. The third-order valence-corrected chi connectivity index (χ3v) is 4.99. The standard InChI is InChI=1S/C13H19N3S2/c1-10(12-4-3-7-17-12)16(2)8-11-9-18-13(15-11)5-6-14/h3-4,7,9-10H,5-6,8,14H2,1-2H3. The predicted molar refractivity (Wildman–Crippen MR) is 79.1 cm³/mol. The van der Waals surface area contributed by atoms with Crippen LogP contribution in [0.3, 0.4) is 0 Å². The average molecular weight is 281 g/mol. The Labute approximate surface area is 116 Å². The Morgan fingerprint density at radius 2 is 2.28 bits per heavy atom. The maximum atomic E-state index is 5.54. The highest BCUT2D eigenvalue weighted by molar-refractivity contribution is 7.10. The molecule has 3 nitrogen and oxygen atoms in total. The van der Waals surface area contributed by atoms with Crippen LogP contribution in [-0.4, -0.2) is 23.5 Å². The molecular formula is C13H19N3S2. The van der Waals surface area contributed by atoms with E-state index >= 15 is 0 Å². The van der Waals surface area contributed by atoms with Crippen molar-refractivity contribution in [1.29, 1.82) is 0 Å². The molecule has 0 fully saturated rings. The molecule has 0 saturated heterocycles. The van der Waals surface area contributed by atoms with Crippen molar-refractivity contribution in [3.05, 3.63) is 38.5 Å². The molecule has 0 aliphatic rings. The van der Waals surface area contributed by atoms with E-state index in [-0.39, 0.29) is 0 Å². The largest absolute Gasteiger partial charge is 0.330 e. The number of thiazole rings is 1. The zero-order chi connectivity index (χ0) is 13.0. The van der Waals surface area contributed by atoms with Gasteiger partial charge in [0.15, 0.2) is 0 Å². The van der Waals surface area contributed by atoms with Crippen molar-refractivity contribution in [3.63, 3.8) is 0 Å². The molecule has 18 heavy (non-hydrogen) atoms. The van der Waals surface area contributed by atoms with Crippen molar-refractivity contribution in [2.45, 2.75) is 25.9 Å². The first-order valence-corrected chi connectivity index (χ1v) is 7.83. The van der Waals surface area contributed by atoms with E-state index in [2.05, 4.69) is 46.7 Å². The lowest BCUT2D eigenvalue weighted by atomic mass is 10.2. The number of thiophene rings is 1. The van der Waals surface area contributed by atoms with Crippen molar-refractivity contribution in [2.75, 3.05) is 13.6 Å². The first-order valence-electron chi connectivity index (χ1n) is 6.07. The molecule has 0 aromatic carbocycles. The topological polar surface area (TPSA) is 42.1 Å². The van der Waals surface area contributed by atoms with Gasteiger partial charge in [0.1, 0.15) is 0 Å². The summed E-state index contributed by atoms with van der Waals surface area (Å²) in [6, 6.07) is 4.73. The fourth-order valence-corrected chi connectivity index (χ4v) is 3.45. The van der Waals surface area contributed by atoms with Crippen LogP contribution in [0.4, 0.5) is 0 Å². The Hall–Kier alpha value is -0.750. The lowest BCUT2D eigenvalue weighted by Crippen LogP contribution is -2.21. The zero-order valence-electron chi connectivity index (χ0n) is 10.8. The third-order valence-electron chi connectivity index (χ3n) is 2.99. The molecule has 0 saturated carbocycles. The molecule has 2 aromatic heterocycles. The van der Waals surface area contributed by atoms with Gasteiger partial charge in [-0.2, -0.15) is 0 Å². The molecule has 2 rings (SSSR count). The highest BCUT2D eigenvalue weighted by atomic mass is 32.1. The fourth-order valence-electron chi connectivity index (χ4n) is 1.80. The van der Waals surface area contributed by atoms with Gasteiger partial charge in [0, 0.05) is 29.3 Å². The molecule has 0 aliphatic heterocycles. The fraction of sp³-hybridized carbons (Fsp3) is 0.462. The van der Waals surface area contributed by atoms with Crippen molar-refractivity contribution < 1.29 is 0 Å². The number of hydrogen-bond donors (Lipinski definition) is 1. The van der Waals surface area contributed by atoms with Crippen molar-refractivity contribution in [3.8, 4) is 0 Å². The van der Waals surface area contributed by atoms with E-state index in [1.807, 2.05) is 11.3 Å². The third kappa shape index (κ3) is 3.38. The lowest BCUT2D eigenvalue weighted by molar-refractivity contribution is 0.254. The Balaban J connectivity index is 1.95. The lowest BCUT2D eigenvalue weighted by Gasteiger charge is -2.22. The Morgan fingerprint density at radius 3 is 2.94 bits per heavy atom. The summed E-state index contributed by atoms with van der Waals surface area (Å²) in [6.45, 7) is 3.80. The second-order valence-electron chi connectivity index (χ2n) is 4.38. The van der Waals surface area contributed by atoms with Crippen LogP contribution >= 0.6 is 22.7 Å². The molecule has 2 heterocycles. The van der Waals surface area contributed by atoms with Crippen molar-refractivity contribution in [1.82, 2.24) is 9.88 Å². The number of nitrogens with zero attached hydrogens (tertiary/aromatic N) is 2. The number of nitrogens with two attached hydrogens (primary N) is 1. The molecule has 0 bridgehead atoms. The monoisotopic (exact) mass is 281 g/mol. The molecule has 1 unspecified atom stereocenters. The van der Waals surface area contributed by atoms with Gasteiger partial charge in [-0.1, -0.05) is 6.07 Å². The van der Waals surface area contributed by atoms with Crippen LogP contribution in [0.25, 0.3) is 0 Å². The summed E-state index contributed by atoms with van der Waals surface area (Å²) in [5.41, 5.74) is 6.69. The summed E-state index contributed by atoms with van der Waals surface area (Å²) in [7, 11) is 2.15. The van der Waals surface area contributed by atoms with Crippen LogP contribution in [0, 0.1) is 0 Å². The summed E-state index contributed by atoms with van der Waals surface area (Å²) >= 11 is 3.52. The van der Waals surface area contributed by atoms with E-state index in [1.54, 1.807) is 11.3 Å². The normalized spacial score (nSPS) is 13.1. The SMILES string of the molecule is CC(c1cccs1)N(C)Cc1csc(CCN)n1. The van der Waals surface area contributed by atoms with Gasteiger partial charge in [-0.3, -0.25) is 4.90 Å². The molecular weight excluding hydrogens is 262 g/mol. The van der Waals surface area contributed by atoms with Gasteiger partial charge in [0.25, 0.3) is 0 Å². The van der Waals surface area contributed by atoms with Gasteiger partial charge >= 0.3 is 0 Å². The van der Waals surface area contributed by atoms with Crippen molar-refractivity contribution in [2.24, 2.45) is 5.73 Å². The van der Waals surface area contributed by atoms with Crippen molar-refractivity contribution >= 4 is 22.7 Å². The van der Waals surface area contributed by atoms with E-state index in [4.69, 9.17) is 5.73 Å². The summed E-state index contributed by atoms with van der Waals surface area (Å²) < 4.78 is 0. The van der Waals surface area contributed by atoms with E-state index < -0.39 is 0 Å². The molecule has 0 spiro atoms. The second kappa shape index (κ2) is 6.43. The summed E-state index contributed by atoms with van der Waals surface area (Å²) in [5, 5.41) is 5.41. The maximum Gasteiger partial charge on any atom is 0.0941 e. The first kappa shape index (κ1) is 13.7. The Kier molecular flexibility index (Phi) is 4.88. The zero-order valence-corrected chi connectivity index (χ0v) is 12.4. The van der Waals surface area contributed by atoms with E-state index in [0.717, 1.165) is 23.7 Å². The van der Waals surface area contributed by atoms with Gasteiger partial charge < -0.3 is 5.73 Å². The van der Waals surface area contributed by atoms with Crippen LogP contribution < -0.4 is 5.73 Å². The summed E-state index contributed by atoms with van der Waals surface area (Å²) in [6.07, 6.45) is 0.884. The highest BCUT2D eigenvalue weighted by Gasteiger charge is 2.14. The van der Waals surface area contributed by atoms with Gasteiger partial charge in [0.05, 0.1) is 10.7 Å². The van der Waals surface area contributed by atoms with Crippen LogP contribution in [0.2, 0.25) is 0 Å². The molecule has 0 radical (unpaired) electrons. The number of aromatic nitrogens is 1. The molecule has 0 amide bonds. The van der Waals surface area contributed by atoms with Gasteiger partial charge in [-0.05, 0) is 32.0 Å². The molecule has 2 N–H and O–H groups in total. The number of rotatable bonds is 6. The van der Waals surface area contributed by atoms with Gasteiger partial charge in [0.2, 0.25) is 0 Å². The summed E-state index contributed by atoms with van der Waals surface area (Å²) in [4.78, 5) is 8.33. The molecule has 0 aliphatic carbocycles. The van der Waals surface area contributed by atoms with Crippen LogP contribution in [-0.2, 0) is 13.0 Å². The van der Waals surface area contributed by atoms with E-state index in [0.29, 0.717) is 12.6 Å². The first-order chi connectivity index (χ1) is 8.70. The highest BCUT2D eigenvalue weighted by Crippen LogP contribution is 2.24. The van der Waals surface area contributed by atoms with Gasteiger partial charge in [-0.15, -0.1) is 22.7 Å². The molecule has 98 valence electrons. The van der Waals surface area contributed by atoms with Crippen LogP contribution in [0.15, 0.2) is 22.9 Å². The molecule has 1 atom stereocenters. The Morgan fingerprint density at radius 1 is 1.44 bits per heavy atom. The minimum absolute atomic E-state index is 0.435. The van der Waals surface area contributed by atoms with Crippen LogP contribution in [0.1, 0.15) is 28.5 Å². The van der Waals surface area contributed by atoms with Crippen LogP contribution in [0.5, 0.6) is 0 Å². The van der Waals surface area contributed by atoms with E-state index in [9.17, 15) is 0 Å². The minimum atomic E-state index is 0.435. The minimum Gasteiger partial charge on any atom is -0.330 e. The summed E-state index contributed by atoms with van der Waals surface area (Å²) in [5.74, 6) is 0. The average Bonchev–Trinajstić information content (AvgIpc) is 3.00. The smallest absolute Gasteiger partial charge is 0.0941 e. The Bertz CT molecular complexity index is 464. The quantitative estimate of drug-likeness (QED) is 0.885. The molecule has 5 heteroatoms. The number of hydrogen-bond acceptors (Lipinski definition) is 5. The van der Waals surface area contributed by atoms with Gasteiger partial charge in [-0.25, -0.2) is 4.98 Å². The maximum absolute atomic E-state index is 5.54.